The van der Waals surface area contributed by atoms with Crippen LogP contribution in [0.3, 0.4) is 0 Å². The van der Waals surface area contributed by atoms with Gasteiger partial charge in [0.25, 0.3) is 0 Å². The topological polar surface area (TPSA) is 57.8 Å². The van der Waals surface area contributed by atoms with E-state index in [4.69, 9.17) is 16.7 Å². The Kier molecular flexibility index (Phi) is 3.04. The molecule has 2 rings (SSSR count). The van der Waals surface area contributed by atoms with Crippen molar-refractivity contribution in [2.75, 3.05) is 14.1 Å². The summed E-state index contributed by atoms with van der Waals surface area (Å²) in [6.45, 7) is 0.465. The summed E-state index contributed by atoms with van der Waals surface area (Å²) in [7, 11) is 3.73. The monoisotopic (exact) mass is 253 g/mol. The number of imidazole rings is 1. The Labute approximate surface area is 103 Å². The highest BCUT2D eigenvalue weighted by atomic mass is 35.5. The Morgan fingerprint density at radius 2 is 2.24 bits per heavy atom. The first-order chi connectivity index (χ1) is 8.00. The van der Waals surface area contributed by atoms with Crippen molar-refractivity contribution in [2.24, 2.45) is 0 Å². The van der Waals surface area contributed by atoms with Gasteiger partial charge in [0.15, 0.2) is 5.69 Å². The first-order valence-corrected chi connectivity index (χ1v) is 5.42. The Balaban J connectivity index is 2.73. The van der Waals surface area contributed by atoms with Crippen LogP contribution in [0.2, 0.25) is 5.15 Å². The molecule has 0 saturated carbocycles. The molecule has 2 aromatic rings. The summed E-state index contributed by atoms with van der Waals surface area (Å²) in [6.07, 6.45) is 0. The van der Waals surface area contributed by atoms with Crippen LogP contribution in [0.1, 0.15) is 16.2 Å². The van der Waals surface area contributed by atoms with Crippen LogP contribution in [-0.4, -0.2) is 39.5 Å². The second-order valence-corrected chi connectivity index (χ2v) is 4.38. The lowest BCUT2D eigenvalue weighted by Gasteiger charge is -2.10. The fourth-order valence-electron chi connectivity index (χ4n) is 1.73. The van der Waals surface area contributed by atoms with Gasteiger partial charge in [-0.15, -0.1) is 0 Å². The van der Waals surface area contributed by atoms with Gasteiger partial charge < -0.3 is 10.0 Å². The lowest BCUT2D eigenvalue weighted by molar-refractivity contribution is 0.0689. The Morgan fingerprint density at radius 1 is 1.53 bits per heavy atom. The van der Waals surface area contributed by atoms with Gasteiger partial charge in [-0.3, -0.25) is 4.40 Å². The predicted octanol–water partition coefficient (Wildman–Crippen LogP) is 1.75. The molecule has 0 radical (unpaired) electrons. The third-order valence-electron chi connectivity index (χ3n) is 2.36. The summed E-state index contributed by atoms with van der Waals surface area (Å²) in [4.78, 5) is 17.1. The van der Waals surface area contributed by atoms with E-state index < -0.39 is 5.97 Å². The highest BCUT2D eigenvalue weighted by molar-refractivity contribution is 6.29. The van der Waals surface area contributed by atoms with E-state index in [1.54, 1.807) is 22.6 Å². The molecule has 0 bridgehead atoms. The standard InChI is InChI=1S/C11H12ClN3O2/c1-14(2)6-7-10(11(16)17)13-9-5-3-4-8(12)15(7)9/h3-5H,6H2,1-2H3,(H,16,17). The van der Waals surface area contributed by atoms with E-state index in [-0.39, 0.29) is 5.69 Å². The molecule has 2 heterocycles. The van der Waals surface area contributed by atoms with Crippen molar-refractivity contribution in [2.45, 2.75) is 6.54 Å². The van der Waals surface area contributed by atoms with Gasteiger partial charge in [-0.1, -0.05) is 17.7 Å². The molecule has 17 heavy (non-hydrogen) atoms. The number of hydrogen-bond donors (Lipinski definition) is 1. The minimum absolute atomic E-state index is 0.0480. The van der Waals surface area contributed by atoms with Gasteiger partial charge in [-0.2, -0.15) is 0 Å². The van der Waals surface area contributed by atoms with Crippen molar-refractivity contribution in [1.82, 2.24) is 14.3 Å². The molecule has 90 valence electrons. The zero-order valence-electron chi connectivity index (χ0n) is 9.51. The van der Waals surface area contributed by atoms with Crippen molar-refractivity contribution < 1.29 is 9.90 Å². The predicted molar refractivity (Wildman–Crippen MR) is 64.6 cm³/mol. The maximum Gasteiger partial charge on any atom is 0.356 e. The summed E-state index contributed by atoms with van der Waals surface area (Å²) in [6, 6.07) is 5.19. The first kappa shape index (κ1) is 11.9. The summed E-state index contributed by atoms with van der Waals surface area (Å²) in [5.41, 5.74) is 1.18. The smallest absolute Gasteiger partial charge is 0.356 e. The van der Waals surface area contributed by atoms with E-state index in [0.717, 1.165) is 0 Å². The number of aromatic nitrogens is 2. The van der Waals surface area contributed by atoms with Gasteiger partial charge in [0.1, 0.15) is 10.8 Å². The number of pyridine rings is 1. The normalized spacial score (nSPS) is 11.3. The molecule has 1 N–H and O–H groups in total. The average Bonchev–Trinajstić information content (AvgIpc) is 2.57. The van der Waals surface area contributed by atoms with Gasteiger partial charge in [0.05, 0.1) is 5.69 Å². The molecule has 0 atom stereocenters. The van der Waals surface area contributed by atoms with Crippen LogP contribution in [0.15, 0.2) is 18.2 Å². The lowest BCUT2D eigenvalue weighted by atomic mass is 10.3. The van der Waals surface area contributed by atoms with Crippen LogP contribution in [0.4, 0.5) is 0 Å². The van der Waals surface area contributed by atoms with Crippen molar-refractivity contribution in [3.63, 3.8) is 0 Å². The summed E-state index contributed by atoms with van der Waals surface area (Å²) >= 11 is 6.08. The van der Waals surface area contributed by atoms with E-state index in [1.807, 2.05) is 19.0 Å². The molecule has 0 unspecified atom stereocenters. The fourth-order valence-corrected chi connectivity index (χ4v) is 1.99. The molecule has 0 amide bonds. The van der Waals surface area contributed by atoms with Crippen LogP contribution in [-0.2, 0) is 6.54 Å². The van der Waals surface area contributed by atoms with E-state index in [1.165, 1.54) is 0 Å². The number of hydrogen-bond acceptors (Lipinski definition) is 3. The van der Waals surface area contributed by atoms with Crippen molar-refractivity contribution in [3.05, 3.63) is 34.7 Å². The first-order valence-electron chi connectivity index (χ1n) is 5.04. The number of aromatic carboxylic acids is 1. The Hall–Kier alpha value is -1.59. The molecule has 0 aliphatic rings. The molecule has 5 nitrogen and oxygen atoms in total. The number of carbonyl (C=O) groups is 1. The van der Waals surface area contributed by atoms with Gasteiger partial charge >= 0.3 is 5.97 Å². The molecule has 0 aromatic carbocycles. The third-order valence-corrected chi connectivity index (χ3v) is 2.65. The van der Waals surface area contributed by atoms with Crippen molar-refractivity contribution in [1.29, 1.82) is 0 Å². The number of halogens is 1. The zero-order chi connectivity index (χ0) is 12.6. The van der Waals surface area contributed by atoms with Crippen LogP contribution in [0, 0.1) is 0 Å². The molecular formula is C11H12ClN3O2. The second kappa shape index (κ2) is 4.35. The summed E-state index contributed by atoms with van der Waals surface area (Å²) in [5, 5.41) is 9.59. The van der Waals surface area contributed by atoms with Crippen LogP contribution in [0.25, 0.3) is 5.65 Å². The van der Waals surface area contributed by atoms with Crippen LogP contribution in [0.5, 0.6) is 0 Å². The molecule has 0 aliphatic heterocycles. The largest absolute Gasteiger partial charge is 0.476 e. The summed E-state index contributed by atoms with van der Waals surface area (Å²) < 4.78 is 1.66. The molecule has 0 aliphatic carbocycles. The second-order valence-electron chi connectivity index (χ2n) is 3.99. The van der Waals surface area contributed by atoms with Crippen molar-refractivity contribution in [3.8, 4) is 0 Å². The van der Waals surface area contributed by atoms with E-state index in [2.05, 4.69) is 4.98 Å². The molecular weight excluding hydrogens is 242 g/mol. The summed E-state index contributed by atoms with van der Waals surface area (Å²) in [5.74, 6) is -1.04. The van der Waals surface area contributed by atoms with E-state index >= 15 is 0 Å². The SMILES string of the molecule is CN(C)Cc1c(C(=O)O)nc2cccc(Cl)n12. The zero-order valence-corrected chi connectivity index (χ0v) is 10.3. The van der Waals surface area contributed by atoms with Crippen LogP contribution < -0.4 is 0 Å². The van der Waals surface area contributed by atoms with Gasteiger partial charge in [0.2, 0.25) is 0 Å². The Morgan fingerprint density at radius 3 is 2.82 bits per heavy atom. The lowest BCUT2D eigenvalue weighted by Crippen LogP contribution is -2.15. The third kappa shape index (κ3) is 2.11. The molecule has 0 fully saturated rings. The fraction of sp³-hybridized carbons (Fsp3) is 0.273. The van der Waals surface area contributed by atoms with Crippen LogP contribution >= 0.6 is 11.6 Å². The van der Waals surface area contributed by atoms with Gasteiger partial charge in [-0.25, -0.2) is 9.78 Å². The van der Waals surface area contributed by atoms with E-state index in [0.29, 0.717) is 23.0 Å². The molecule has 0 saturated heterocycles. The van der Waals surface area contributed by atoms with Gasteiger partial charge in [0, 0.05) is 6.54 Å². The minimum Gasteiger partial charge on any atom is -0.476 e. The van der Waals surface area contributed by atoms with E-state index in [9.17, 15) is 4.79 Å². The molecule has 0 spiro atoms. The maximum atomic E-state index is 11.1. The number of nitrogens with zero attached hydrogens (tertiary/aromatic N) is 3. The van der Waals surface area contributed by atoms with Gasteiger partial charge in [-0.05, 0) is 26.2 Å². The average molecular weight is 254 g/mol. The minimum atomic E-state index is -1.04. The van der Waals surface area contributed by atoms with Crippen molar-refractivity contribution >= 4 is 23.2 Å². The quantitative estimate of drug-likeness (QED) is 0.847. The highest BCUT2D eigenvalue weighted by Gasteiger charge is 2.19. The molecule has 6 heteroatoms. The highest BCUT2D eigenvalue weighted by Crippen LogP contribution is 2.19. The number of rotatable bonds is 3. The Bertz CT molecular complexity index is 577. The number of carboxylic acid groups (broad SMARTS) is 1. The number of carboxylic acids is 1. The molecule has 2 aromatic heterocycles. The number of fused-ring (bicyclic) bond motifs is 1. The maximum absolute atomic E-state index is 11.1.